The van der Waals surface area contributed by atoms with E-state index in [1.165, 1.54) is 7.11 Å². The fourth-order valence-electron chi connectivity index (χ4n) is 1.74. The SMILES string of the molecule is COCC(N)C(=O)Nc1cccc(-n2cccc2)c1. The topological polar surface area (TPSA) is 69.3 Å². The summed E-state index contributed by atoms with van der Waals surface area (Å²) in [6.07, 6.45) is 3.88. The zero-order valence-corrected chi connectivity index (χ0v) is 10.7. The predicted octanol–water partition coefficient (Wildman–Crippen LogP) is 1.39. The number of nitrogens with one attached hydrogen (secondary N) is 1. The normalized spacial score (nSPS) is 12.1. The van der Waals surface area contributed by atoms with Crippen LogP contribution in [0.5, 0.6) is 0 Å². The maximum Gasteiger partial charge on any atom is 0.243 e. The van der Waals surface area contributed by atoms with Crippen LogP contribution in [0.15, 0.2) is 48.8 Å². The Labute approximate surface area is 112 Å². The molecule has 2 aromatic rings. The minimum atomic E-state index is -0.666. The van der Waals surface area contributed by atoms with Gasteiger partial charge in [0.1, 0.15) is 6.04 Å². The minimum Gasteiger partial charge on any atom is -0.383 e. The number of benzene rings is 1. The molecule has 1 amide bonds. The summed E-state index contributed by atoms with van der Waals surface area (Å²) in [7, 11) is 1.51. The number of hydrogen-bond acceptors (Lipinski definition) is 3. The van der Waals surface area contributed by atoms with Gasteiger partial charge >= 0.3 is 0 Å². The number of rotatable bonds is 5. The molecule has 0 saturated heterocycles. The highest BCUT2D eigenvalue weighted by molar-refractivity contribution is 5.95. The molecule has 3 N–H and O–H groups in total. The molecule has 1 unspecified atom stereocenters. The molecule has 1 atom stereocenters. The van der Waals surface area contributed by atoms with Crippen LogP contribution in [0.4, 0.5) is 5.69 Å². The molecule has 100 valence electrons. The standard InChI is InChI=1S/C14H17N3O2/c1-19-10-13(15)14(18)16-11-5-4-6-12(9-11)17-7-2-3-8-17/h2-9,13H,10,15H2,1H3,(H,16,18). The molecular formula is C14H17N3O2. The summed E-state index contributed by atoms with van der Waals surface area (Å²) < 4.78 is 6.82. The molecule has 5 heteroatoms. The number of aromatic nitrogens is 1. The molecule has 2 rings (SSSR count). The number of amides is 1. The van der Waals surface area contributed by atoms with Crippen LogP contribution in [-0.4, -0.2) is 30.2 Å². The van der Waals surface area contributed by atoms with Gasteiger partial charge in [-0.3, -0.25) is 4.79 Å². The van der Waals surface area contributed by atoms with Crippen LogP contribution in [0.2, 0.25) is 0 Å². The number of methoxy groups -OCH3 is 1. The smallest absolute Gasteiger partial charge is 0.243 e. The molecule has 0 saturated carbocycles. The molecule has 0 aliphatic carbocycles. The zero-order valence-electron chi connectivity index (χ0n) is 10.7. The van der Waals surface area contributed by atoms with Gasteiger partial charge in [0.2, 0.25) is 5.91 Å². The molecule has 1 aromatic heterocycles. The van der Waals surface area contributed by atoms with Gasteiger partial charge in [-0.15, -0.1) is 0 Å². The van der Waals surface area contributed by atoms with Gasteiger partial charge in [-0.05, 0) is 30.3 Å². The second-order valence-electron chi connectivity index (χ2n) is 4.19. The van der Waals surface area contributed by atoms with Gasteiger partial charge in [0, 0.05) is 30.9 Å². The first-order chi connectivity index (χ1) is 9.20. The summed E-state index contributed by atoms with van der Waals surface area (Å²) in [4.78, 5) is 11.8. The van der Waals surface area contributed by atoms with E-state index in [9.17, 15) is 4.79 Å². The van der Waals surface area contributed by atoms with Gasteiger partial charge in [0.05, 0.1) is 6.61 Å². The molecule has 0 aliphatic rings. The van der Waals surface area contributed by atoms with E-state index in [1.807, 2.05) is 53.4 Å². The third-order valence-corrected chi connectivity index (χ3v) is 2.70. The first-order valence-electron chi connectivity index (χ1n) is 5.99. The molecule has 0 fully saturated rings. The van der Waals surface area contributed by atoms with Crippen molar-refractivity contribution in [3.05, 3.63) is 48.8 Å². The van der Waals surface area contributed by atoms with E-state index in [4.69, 9.17) is 10.5 Å². The lowest BCUT2D eigenvalue weighted by Gasteiger charge is -2.12. The van der Waals surface area contributed by atoms with Gasteiger partial charge in [0.25, 0.3) is 0 Å². The van der Waals surface area contributed by atoms with Crippen molar-refractivity contribution in [2.45, 2.75) is 6.04 Å². The van der Waals surface area contributed by atoms with Crippen molar-refractivity contribution >= 4 is 11.6 Å². The largest absolute Gasteiger partial charge is 0.383 e. The van der Waals surface area contributed by atoms with Crippen LogP contribution in [0, 0.1) is 0 Å². The third-order valence-electron chi connectivity index (χ3n) is 2.70. The highest BCUT2D eigenvalue weighted by Gasteiger charge is 2.13. The molecular weight excluding hydrogens is 242 g/mol. The Kier molecular flexibility index (Phi) is 4.33. The van der Waals surface area contributed by atoms with E-state index in [0.717, 1.165) is 5.69 Å². The van der Waals surface area contributed by atoms with E-state index < -0.39 is 6.04 Å². The molecule has 19 heavy (non-hydrogen) atoms. The van der Waals surface area contributed by atoms with Gasteiger partial charge in [-0.1, -0.05) is 6.07 Å². The summed E-state index contributed by atoms with van der Waals surface area (Å²) in [6.45, 7) is 0.198. The van der Waals surface area contributed by atoms with Crippen molar-refractivity contribution in [3.63, 3.8) is 0 Å². The number of nitrogens with two attached hydrogens (primary N) is 1. The number of carbonyl (C=O) groups is 1. The Bertz CT molecular complexity index is 537. The fraction of sp³-hybridized carbons (Fsp3) is 0.214. The van der Waals surface area contributed by atoms with Crippen LogP contribution < -0.4 is 11.1 Å². The van der Waals surface area contributed by atoms with Crippen molar-refractivity contribution in [2.24, 2.45) is 5.73 Å². The average Bonchev–Trinajstić information content (AvgIpc) is 2.93. The Balaban J connectivity index is 2.09. The second-order valence-corrected chi connectivity index (χ2v) is 4.19. The lowest BCUT2D eigenvalue weighted by atomic mass is 10.2. The van der Waals surface area contributed by atoms with Crippen LogP contribution in [-0.2, 0) is 9.53 Å². The molecule has 5 nitrogen and oxygen atoms in total. The monoisotopic (exact) mass is 259 g/mol. The average molecular weight is 259 g/mol. The second kappa shape index (κ2) is 6.17. The van der Waals surface area contributed by atoms with Gasteiger partial charge in [-0.25, -0.2) is 0 Å². The molecule has 0 bridgehead atoms. The Morgan fingerprint density at radius 3 is 2.79 bits per heavy atom. The molecule has 0 aliphatic heterocycles. The van der Waals surface area contributed by atoms with E-state index in [0.29, 0.717) is 5.69 Å². The zero-order chi connectivity index (χ0) is 13.7. The first-order valence-corrected chi connectivity index (χ1v) is 5.99. The summed E-state index contributed by atoms with van der Waals surface area (Å²) in [5.41, 5.74) is 7.35. The van der Waals surface area contributed by atoms with Crippen molar-refractivity contribution in [2.75, 3.05) is 19.0 Å². The molecule has 1 heterocycles. The first kappa shape index (κ1) is 13.3. The van der Waals surface area contributed by atoms with E-state index in [2.05, 4.69) is 5.32 Å². The molecule has 0 spiro atoms. The van der Waals surface area contributed by atoms with Crippen molar-refractivity contribution in [3.8, 4) is 5.69 Å². The number of ether oxygens (including phenoxy) is 1. The van der Waals surface area contributed by atoms with Crippen LogP contribution in [0.25, 0.3) is 5.69 Å². The van der Waals surface area contributed by atoms with E-state index in [-0.39, 0.29) is 12.5 Å². The van der Waals surface area contributed by atoms with Crippen LogP contribution in [0.3, 0.4) is 0 Å². The van der Waals surface area contributed by atoms with Crippen molar-refractivity contribution in [1.29, 1.82) is 0 Å². The van der Waals surface area contributed by atoms with Crippen LogP contribution in [0.1, 0.15) is 0 Å². The summed E-state index contributed by atoms with van der Waals surface area (Å²) in [5, 5.41) is 2.77. The summed E-state index contributed by atoms with van der Waals surface area (Å²) in [6, 6.07) is 10.8. The lowest BCUT2D eigenvalue weighted by Crippen LogP contribution is -2.39. The quantitative estimate of drug-likeness (QED) is 0.852. The van der Waals surface area contributed by atoms with Crippen LogP contribution >= 0.6 is 0 Å². The van der Waals surface area contributed by atoms with Gasteiger partial charge in [-0.2, -0.15) is 0 Å². The summed E-state index contributed by atoms with van der Waals surface area (Å²) >= 11 is 0. The Hall–Kier alpha value is -2.11. The van der Waals surface area contributed by atoms with E-state index >= 15 is 0 Å². The van der Waals surface area contributed by atoms with Crippen molar-refractivity contribution in [1.82, 2.24) is 4.57 Å². The van der Waals surface area contributed by atoms with Gasteiger partial charge < -0.3 is 20.4 Å². The van der Waals surface area contributed by atoms with Gasteiger partial charge in [0.15, 0.2) is 0 Å². The maximum absolute atomic E-state index is 11.8. The minimum absolute atomic E-state index is 0.198. The number of carbonyl (C=O) groups excluding carboxylic acids is 1. The third kappa shape index (κ3) is 3.43. The molecule has 0 radical (unpaired) electrons. The highest BCUT2D eigenvalue weighted by atomic mass is 16.5. The predicted molar refractivity (Wildman–Crippen MR) is 74.3 cm³/mol. The van der Waals surface area contributed by atoms with Crippen molar-refractivity contribution < 1.29 is 9.53 Å². The highest BCUT2D eigenvalue weighted by Crippen LogP contribution is 2.14. The fourth-order valence-corrected chi connectivity index (χ4v) is 1.74. The lowest BCUT2D eigenvalue weighted by molar-refractivity contribution is -0.118. The van der Waals surface area contributed by atoms with E-state index in [1.54, 1.807) is 0 Å². The Morgan fingerprint density at radius 2 is 2.11 bits per heavy atom. The Morgan fingerprint density at radius 1 is 1.37 bits per heavy atom. The summed E-state index contributed by atoms with van der Waals surface area (Å²) in [5.74, 6) is -0.258. The number of hydrogen-bond donors (Lipinski definition) is 2. The molecule has 1 aromatic carbocycles. The number of anilines is 1. The number of nitrogens with zero attached hydrogens (tertiary/aromatic N) is 1. The maximum atomic E-state index is 11.8.